The summed E-state index contributed by atoms with van der Waals surface area (Å²) in [4.78, 5) is 7.23. The predicted molar refractivity (Wildman–Crippen MR) is 86.9 cm³/mol. The Balaban J connectivity index is 3.37. The van der Waals surface area contributed by atoms with E-state index in [0.717, 1.165) is 22.6 Å². The van der Waals surface area contributed by atoms with Gasteiger partial charge in [-0.15, -0.1) is 0 Å². The zero-order chi connectivity index (χ0) is 15.0. The molecule has 0 amide bonds. The summed E-state index contributed by atoms with van der Waals surface area (Å²) in [6.07, 6.45) is 0. The molecule has 0 saturated heterocycles. The molecule has 106 valence electrons. The van der Waals surface area contributed by atoms with Crippen LogP contribution in [0.3, 0.4) is 0 Å². The summed E-state index contributed by atoms with van der Waals surface area (Å²) >= 11 is 5.19. The van der Waals surface area contributed by atoms with Crippen LogP contribution in [-0.4, -0.2) is 23.1 Å². The number of pyridine rings is 1. The Hall–Kier alpha value is -1.16. The Kier molecular flexibility index (Phi) is 4.56. The van der Waals surface area contributed by atoms with Crippen LogP contribution in [0.2, 0.25) is 0 Å². The summed E-state index contributed by atoms with van der Waals surface area (Å²) in [6.45, 7) is 12.9. The number of nitrogens with zero attached hydrogens (tertiary/aromatic N) is 2. The molecule has 0 saturated carbocycles. The first-order chi connectivity index (χ1) is 8.55. The molecule has 0 bridgehead atoms. The van der Waals surface area contributed by atoms with E-state index < -0.39 is 0 Å². The lowest BCUT2D eigenvalue weighted by atomic mass is 9.87. The zero-order valence-corrected chi connectivity index (χ0v) is 13.9. The van der Waals surface area contributed by atoms with Crippen molar-refractivity contribution in [3.05, 3.63) is 22.9 Å². The van der Waals surface area contributed by atoms with Gasteiger partial charge in [0.2, 0.25) is 0 Å². The van der Waals surface area contributed by atoms with E-state index in [2.05, 4.69) is 44.6 Å². The van der Waals surface area contributed by atoms with E-state index in [1.807, 2.05) is 19.9 Å². The monoisotopic (exact) mass is 279 g/mol. The van der Waals surface area contributed by atoms with Crippen LogP contribution in [0.1, 0.15) is 44.5 Å². The van der Waals surface area contributed by atoms with Crippen molar-refractivity contribution in [1.29, 1.82) is 0 Å². The van der Waals surface area contributed by atoms with E-state index in [0.29, 0.717) is 11.0 Å². The second-order valence-electron chi connectivity index (χ2n) is 6.30. The van der Waals surface area contributed by atoms with Crippen LogP contribution >= 0.6 is 12.2 Å². The number of nitrogens with two attached hydrogens (primary N) is 1. The number of anilines is 1. The topological polar surface area (TPSA) is 42.1 Å². The molecule has 1 heterocycles. The van der Waals surface area contributed by atoms with Gasteiger partial charge in [0, 0.05) is 18.8 Å². The van der Waals surface area contributed by atoms with Gasteiger partial charge in [-0.2, -0.15) is 0 Å². The normalized spacial score (nSPS) is 13.2. The SMILES string of the molecule is Cc1cc(C)c(C(N)=S)c(N(C)C(C)C(C)(C)C)n1. The van der Waals surface area contributed by atoms with Gasteiger partial charge in [-0.25, -0.2) is 4.98 Å². The Morgan fingerprint density at radius 3 is 2.32 bits per heavy atom. The van der Waals surface area contributed by atoms with E-state index in [4.69, 9.17) is 18.0 Å². The van der Waals surface area contributed by atoms with Crippen LogP contribution in [0.4, 0.5) is 5.82 Å². The fourth-order valence-electron chi connectivity index (χ4n) is 2.14. The fraction of sp³-hybridized carbons (Fsp3) is 0.600. The van der Waals surface area contributed by atoms with Gasteiger partial charge in [-0.05, 0) is 37.8 Å². The molecular formula is C15H25N3S. The number of aryl methyl sites for hydroxylation is 2. The average Bonchev–Trinajstić information content (AvgIpc) is 2.23. The van der Waals surface area contributed by atoms with Gasteiger partial charge in [-0.1, -0.05) is 33.0 Å². The summed E-state index contributed by atoms with van der Waals surface area (Å²) in [5.41, 5.74) is 8.99. The van der Waals surface area contributed by atoms with Crippen molar-refractivity contribution in [2.45, 2.75) is 47.6 Å². The van der Waals surface area contributed by atoms with Crippen LogP contribution < -0.4 is 10.6 Å². The van der Waals surface area contributed by atoms with Gasteiger partial charge in [0.25, 0.3) is 0 Å². The van der Waals surface area contributed by atoms with Gasteiger partial charge in [0.1, 0.15) is 10.8 Å². The van der Waals surface area contributed by atoms with E-state index in [1.54, 1.807) is 0 Å². The minimum absolute atomic E-state index is 0.154. The van der Waals surface area contributed by atoms with Gasteiger partial charge in [0.15, 0.2) is 0 Å². The van der Waals surface area contributed by atoms with Crippen LogP contribution in [0, 0.1) is 19.3 Å². The summed E-state index contributed by atoms with van der Waals surface area (Å²) in [5.74, 6) is 0.882. The number of hydrogen-bond donors (Lipinski definition) is 1. The first-order valence-corrected chi connectivity index (χ1v) is 6.97. The molecule has 4 heteroatoms. The predicted octanol–water partition coefficient (Wildman–Crippen LogP) is 3.20. The minimum Gasteiger partial charge on any atom is -0.389 e. The third-order valence-electron chi connectivity index (χ3n) is 3.74. The molecule has 1 rings (SSSR count). The maximum atomic E-state index is 5.88. The lowest BCUT2D eigenvalue weighted by Gasteiger charge is -2.37. The maximum absolute atomic E-state index is 5.88. The van der Waals surface area contributed by atoms with E-state index >= 15 is 0 Å². The van der Waals surface area contributed by atoms with Gasteiger partial charge in [-0.3, -0.25) is 0 Å². The Labute approximate surface area is 122 Å². The molecule has 0 aliphatic heterocycles. The first-order valence-electron chi connectivity index (χ1n) is 6.56. The summed E-state index contributed by atoms with van der Waals surface area (Å²) in [5, 5.41) is 0. The molecule has 0 spiro atoms. The molecule has 2 N–H and O–H groups in total. The highest BCUT2D eigenvalue weighted by molar-refractivity contribution is 7.80. The van der Waals surface area contributed by atoms with Crippen molar-refractivity contribution in [2.24, 2.45) is 11.1 Å². The third-order valence-corrected chi connectivity index (χ3v) is 3.94. The van der Waals surface area contributed by atoms with Crippen LogP contribution in [0.15, 0.2) is 6.07 Å². The molecule has 0 aliphatic rings. The second kappa shape index (κ2) is 5.45. The lowest BCUT2D eigenvalue weighted by molar-refractivity contribution is 0.328. The summed E-state index contributed by atoms with van der Waals surface area (Å²) < 4.78 is 0. The van der Waals surface area contributed by atoms with Gasteiger partial charge in [0.05, 0.1) is 5.56 Å². The molecule has 0 radical (unpaired) electrons. The zero-order valence-electron chi connectivity index (χ0n) is 13.0. The van der Waals surface area contributed by atoms with Crippen LogP contribution in [0.5, 0.6) is 0 Å². The van der Waals surface area contributed by atoms with Crippen molar-refractivity contribution < 1.29 is 0 Å². The number of hydrogen-bond acceptors (Lipinski definition) is 3. The third kappa shape index (κ3) is 3.44. The lowest BCUT2D eigenvalue weighted by Crippen LogP contribution is -2.41. The molecule has 0 aliphatic carbocycles. The average molecular weight is 279 g/mol. The molecule has 1 aromatic heterocycles. The van der Waals surface area contributed by atoms with Crippen molar-refractivity contribution in [2.75, 3.05) is 11.9 Å². The molecule has 0 aromatic carbocycles. The number of thiocarbonyl (C=S) groups is 1. The second-order valence-corrected chi connectivity index (χ2v) is 6.74. The highest BCUT2D eigenvalue weighted by atomic mass is 32.1. The van der Waals surface area contributed by atoms with Crippen molar-refractivity contribution >= 4 is 23.0 Å². The summed E-state index contributed by atoms with van der Waals surface area (Å²) in [6, 6.07) is 2.35. The van der Waals surface area contributed by atoms with Crippen LogP contribution in [0.25, 0.3) is 0 Å². The first kappa shape index (κ1) is 15.9. The molecular weight excluding hydrogens is 254 g/mol. The highest BCUT2D eigenvalue weighted by Gasteiger charge is 2.27. The molecule has 1 atom stereocenters. The quantitative estimate of drug-likeness (QED) is 0.863. The molecule has 0 fully saturated rings. The minimum atomic E-state index is 0.154. The summed E-state index contributed by atoms with van der Waals surface area (Å²) in [7, 11) is 2.05. The number of aromatic nitrogens is 1. The fourth-order valence-corrected chi connectivity index (χ4v) is 2.39. The molecule has 19 heavy (non-hydrogen) atoms. The van der Waals surface area contributed by atoms with Gasteiger partial charge < -0.3 is 10.6 Å². The standard InChI is InChI=1S/C15H25N3S/c1-9-8-10(2)17-14(12(9)13(16)19)18(7)11(3)15(4,5)6/h8,11H,1-7H3,(H2,16,19). The van der Waals surface area contributed by atoms with Crippen LogP contribution in [-0.2, 0) is 0 Å². The van der Waals surface area contributed by atoms with Crippen molar-refractivity contribution in [3.8, 4) is 0 Å². The molecule has 1 aromatic rings. The highest BCUT2D eigenvalue weighted by Crippen LogP contribution is 2.29. The Morgan fingerprint density at radius 1 is 1.37 bits per heavy atom. The molecule has 1 unspecified atom stereocenters. The van der Waals surface area contributed by atoms with Crippen molar-refractivity contribution in [3.63, 3.8) is 0 Å². The largest absolute Gasteiger partial charge is 0.389 e. The van der Waals surface area contributed by atoms with Crippen molar-refractivity contribution in [1.82, 2.24) is 4.98 Å². The number of rotatable bonds is 3. The van der Waals surface area contributed by atoms with Gasteiger partial charge >= 0.3 is 0 Å². The molecule has 3 nitrogen and oxygen atoms in total. The van der Waals surface area contributed by atoms with E-state index in [9.17, 15) is 0 Å². The Morgan fingerprint density at radius 2 is 1.89 bits per heavy atom. The smallest absolute Gasteiger partial charge is 0.139 e. The maximum Gasteiger partial charge on any atom is 0.139 e. The van der Waals surface area contributed by atoms with E-state index in [-0.39, 0.29) is 5.41 Å². The Bertz CT molecular complexity index is 489. The van der Waals surface area contributed by atoms with E-state index in [1.165, 1.54) is 0 Å².